The minimum Gasteiger partial charge on any atom is -0.272 e. The second kappa shape index (κ2) is 7.76. The van der Waals surface area contributed by atoms with Gasteiger partial charge >= 0.3 is 0 Å². The monoisotopic (exact) mass is 352 g/mol. The van der Waals surface area contributed by atoms with Crippen molar-refractivity contribution in [2.75, 3.05) is 5.75 Å². The number of para-hydroxylation sites is 1. The van der Waals surface area contributed by atoms with Crippen molar-refractivity contribution in [3.8, 4) is 0 Å². The lowest BCUT2D eigenvalue weighted by Gasteiger charge is -2.08. The number of hydrogen-bond donors (Lipinski definition) is 2. The smallest absolute Gasteiger partial charge is 0.269 e. The molecule has 6 nitrogen and oxygen atoms in total. The third-order valence-electron chi connectivity index (χ3n) is 3.37. The van der Waals surface area contributed by atoms with E-state index in [0.717, 1.165) is 15.9 Å². The van der Waals surface area contributed by atoms with Crippen molar-refractivity contribution in [3.05, 3.63) is 66.0 Å². The molecule has 2 N–H and O–H groups in total. The van der Waals surface area contributed by atoms with Gasteiger partial charge in [0.2, 0.25) is 5.91 Å². The van der Waals surface area contributed by atoms with E-state index >= 15 is 0 Å². The largest absolute Gasteiger partial charge is 0.272 e. The Labute approximate surface area is 149 Å². The summed E-state index contributed by atoms with van der Waals surface area (Å²) in [6, 6.07) is 16.3. The molecule has 0 aliphatic carbocycles. The van der Waals surface area contributed by atoms with Crippen molar-refractivity contribution in [3.63, 3.8) is 0 Å². The first-order valence-corrected chi connectivity index (χ1v) is 8.62. The number of rotatable bonds is 4. The van der Waals surface area contributed by atoms with Gasteiger partial charge in [0.15, 0.2) is 0 Å². The molecular weight excluding hydrogens is 336 g/mol. The highest BCUT2D eigenvalue weighted by Gasteiger charge is 2.10. The lowest BCUT2D eigenvalue weighted by Crippen LogP contribution is -2.42. The fraction of sp³-hybridized carbons (Fsp3) is 0.111. The number of hydrazine groups is 1. The summed E-state index contributed by atoms with van der Waals surface area (Å²) in [5.74, 6) is 0.117. The molecule has 3 aromatic rings. The highest BCUT2D eigenvalue weighted by Crippen LogP contribution is 2.24. The summed E-state index contributed by atoms with van der Waals surface area (Å²) < 4.78 is 0. The predicted molar refractivity (Wildman–Crippen MR) is 97.0 cm³/mol. The van der Waals surface area contributed by atoms with Crippen molar-refractivity contribution < 1.29 is 9.59 Å². The molecule has 0 saturated carbocycles. The van der Waals surface area contributed by atoms with E-state index in [9.17, 15) is 9.59 Å². The Bertz CT molecular complexity index is 915. The average molecular weight is 352 g/mol. The van der Waals surface area contributed by atoms with Crippen LogP contribution < -0.4 is 10.9 Å². The summed E-state index contributed by atoms with van der Waals surface area (Å²) in [6.07, 6.45) is 0. The van der Waals surface area contributed by atoms with Crippen LogP contribution in [-0.2, 0) is 4.79 Å². The van der Waals surface area contributed by atoms with Gasteiger partial charge in [0.25, 0.3) is 5.91 Å². The van der Waals surface area contributed by atoms with Crippen molar-refractivity contribution >= 4 is 34.5 Å². The van der Waals surface area contributed by atoms with E-state index in [0.29, 0.717) is 11.4 Å². The number of carbonyl (C=O) groups excluding carboxylic acids is 2. The zero-order valence-corrected chi connectivity index (χ0v) is 14.3. The highest BCUT2D eigenvalue weighted by molar-refractivity contribution is 8.00. The molecule has 25 heavy (non-hydrogen) atoms. The van der Waals surface area contributed by atoms with Crippen LogP contribution in [0.5, 0.6) is 0 Å². The molecule has 0 saturated heterocycles. The van der Waals surface area contributed by atoms with Crippen LogP contribution in [0.25, 0.3) is 10.9 Å². The van der Waals surface area contributed by atoms with Crippen LogP contribution in [0.3, 0.4) is 0 Å². The first-order chi connectivity index (χ1) is 12.1. The van der Waals surface area contributed by atoms with Crippen LogP contribution in [0.1, 0.15) is 16.2 Å². The Morgan fingerprint density at radius 2 is 1.68 bits per heavy atom. The summed E-state index contributed by atoms with van der Waals surface area (Å²) in [6.45, 7) is 1.82. The minimum atomic E-state index is -0.359. The van der Waals surface area contributed by atoms with Gasteiger partial charge in [-0.2, -0.15) is 0 Å². The van der Waals surface area contributed by atoms with E-state index in [-0.39, 0.29) is 17.6 Å². The van der Waals surface area contributed by atoms with E-state index in [1.165, 1.54) is 11.8 Å². The second-order valence-electron chi connectivity index (χ2n) is 5.25. The van der Waals surface area contributed by atoms with Crippen LogP contribution in [0.15, 0.2) is 59.6 Å². The van der Waals surface area contributed by atoms with Crippen LogP contribution in [0.2, 0.25) is 0 Å². The zero-order chi connectivity index (χ0) is 17.6. The zero-order valence-electron chi connectivity index (χ0n) is 13.5. The number of nitrogens with one attached hydrogen (secondary N) is 2. The van der Waals surface area contributed by atoms with Crippen molar-refractivity contribution in [1.29, 1.82) is 0 Å². The number of benzene rings is 2. The number of hydrogen-bond acceptors (Lipinski definition) is 5. The molecule has 2 amide bonds. The van der Waals surface area contributed by atoms with Gasteiger partial charge in [-0.25, -0.2) is 9.97 Å². The second-order valence-corrected chi connectivity index (χ2v) is 6.21. The number of aryl methyl sites for hydroxylation is 1. The van der Waals surface area contributed by atoms with Crippen LogP contribution >= 0.6 is 11.8 Å². The number of thioether (sulfide) groups is 1. The summed E-state index contributed by atoms with van der Waals surface area (Å²) in [5, 5.41) is 1.65. The maximum Gasteiger partial charge on any atom is 0.269 e. The lowest BCUT2D eigenvalue weighted by atomic mass is 10.2. The van der Waals surface area contributed by atoms with E-state index in [1.807, 2.05) is 37.3 Å². The predicted octanol–water partition coefficient (Wildman–Crippen LogP) is 2.49. The first-order valence-electron chi connectivity index (χ1n) is 7.64. The number of carbonyl (C=O) groups is 2. The van der Waals surface area contributed by atoms with Crippen LogP contribution in [-0.4, -0.2) is 27.5 Å². The Kier molecular flexibility index (Phi) is 5.25. The van der Waals surface area contributed by atoms with E-state index < -0.39 is 0 Å². The molecule has 0 aliphatic heterocycles. The van der Waals surface area contributed by atoms with Gasteiger partial charge in [0.05, 0.1) is 11.3 Å². The van der Waals surface area contributed by atoms with Crippen LogP contribution in [0.4, 0.5) is 0 Å². The van der Waals surface area contributed by atoms with Crippen molar-refractivity contribution in [1.82, 2.24) is 20.8 Å². The quantitative estimate of drug-likeness (QED) is 0.428. The standard InChI is InChI=1S/C18H16N4O2S/c1-12-19-15-10-6-5-9-14(15)18(20-12)25-11-16(23)21-22-17(24)13-7-3-2-4-8-13/h2-10H,11H2,1H3,(H,21,23)(H,22,24). The van der Waals surface area contributed by atoms with Gasteiger partial charge in [-0.3, -0.25) is 20.4 Å². The van der Waals surface area contributed by atoms with Gasteiger partial charge in [-0.05, 0) is 25.1 Å². The van der Waals surface area contributed by atoms with E-state index in [4.69, 9.17) is 0 Å². The molecule has 3 rings (SSSR count). The third-order valence-corrected chi connectivity index (χ3v) is 4.36. The average Bonchev–Trinajstić information content (AvgIpc) is 2.64. The molecule has 1 aromatic heterocycles. The Morgan fingerprint density at radius 3 is 2.48 bits per heavy atom. The van der Waals surface area contributed by atoms with Gasteiger partial charge in [-0.1, -0.05) is 48.2 Å². The number of fused-ring (bicyclic) bond motifs is 1. The topological polar surface area (TPSA) is 84.0 Å². The Balaban J connectivity index is 1.59. The van der Waals surface area contributed by atoms with E-state index in [2.05, 4.69) is 20.8 Å². The summed E-state index contributed by atoms with van der Waals surface area (Å²) >= 11 is 1.31. The Morgan fingerprint density at radius 1 is 0.960 bits per heavy atom. The highest BCUT2D eigenvalue weighted by atomic mass is 32.2. The first kappa shape index (κ1) is 16.9. The van der Waals surface area contributed by atoms with Crippen molar-refractivity contribution in [2.45, 2.75) is 11.9 Å². The normalized spacial score (nSPS) is 10.4. The molecule has 1 heterocycles. The summed E-state index contributed by atoms with van der Waals surface area (Å²) in [4.78, 5) is 32.6. The molecule has 126 valence electrons. The van der Waals surface area contributed by atoms with Crippen molar-refractivity contribution in [2.24, 2.45) is 0 Å². The molecule has 7 heteroatoms. The fourth-order valence-electron chi connectivity index (χ4n) is 2.23. The molecule has 0 aliphatic rings. The summed E-state index contributed by atoms with van der Waals surface area (Å²) in [7, 11) is 0. The molecule has 0 bridgehead atoms. The Hall–Kier alpha value is -2.93. The van der Waals surface area contributed by atoms with Gasteiger partial charge < -0.3 is 0 Å². The lowest BCUT2D eigenvalue weighted by molar-refractivity contribution is -0.119. The molecule has 0 radical (unpaired) electrons. The fourth-order valence-corrected chi connectivity index (χ4v) is 3.09. The molecule has 0 spiro atoms. The maximum atomic E-state index is 12.0. The minimum absolute atomic E-state index is 0.134. The SMILES string of the molecule is Cc1nc(SCC(=O)NNC(=O)c2ccccc2)c2ccccc2n1. The van der Waals surface area contributed by atoms with Gasteiger partial charge in [0, 0.05) is 10.9 Å². The maximum absolute atomic E-state index is 12.0. The third kappa shape index (κ3) is 4.33. The molecule has 0 unspecified atom stereocenters. The molecule has 0 fully saturated rings. The van der Waals surface area contributed by atoms with Gasteiger partial charge in [0.1, 0.15) is 10.9 Å². The molecule has 0 atom stereocenters. The molecular formula is C18H16N4O2S. The van der Waals surface area contributed by atoms with Crippen LogP contribution in [0, 0.1) is 6.92 Å². The van der Waals surface area contributed by atoms with Gasteiger partial charge in [-0.15, -0.1) is 0 Å². The molecule has 2 aromatic carbocycles. The summed E-state index contributed by atoms with van der Waals surface area (Å²) in [5.41, 5.74) is 6.13. The number of nitrogens with zero attached hydrogens (tertiary/aromatic N) is 2. The van der Waals surface area contributed by atoms with E-state index in [1.54, 1.807) is 24.3 Å². The number of amides is 2. The number of aromatic nitrogens is 2.